The van der Waals surface area contributed by atoms with E-state index in [1.807, 2.05) is 74.1 Å². The summed E-state index contributed by atoms with van der Waals surface area (Å²) in [6, 6.07) is 15.4. The van der Waals surface area contributed by atoms with Crippen LogP contribution in [-0.4, -0.2) is 20.3 Å². The van der Waals surface area contributed by atoms with Crippen molar-refractivity contribution in [1.29, 1.82) is 0 Å². The van der Waals surface area contributed by atoms with Crippen LogP contribution in [0, 0.1) is 13.8 Å². The zero-order valence-corrected chi connectivity index (χ0v) is 17.8. The summed E-state index contributed by atoms with van der Waals surface area (Å²) in [4.78, 5) is 12.6. The van der Waals surface area contributed by atoms with Gasteiger partial charge in [-0.15, -0.1) is 0 Å². The van der Waals surface area contributed by atoms with Crippen LogP contribution >= 0.6 is 11.6 Å². The van der Waals surface area contributed by atoms with Gasteiger partial charge in [0.15, 0.2) is 5.76 Å². The van der Waals surface area contributed by atoms with Gasteiger partial charge in [0.1, 0.15) is 5.76 Å². The molecule has 1 aromatic carbocycles. The van der Waals surface area contributed by atoms with Crippen LogP contribution in [0.25, 0.3) is 5.69 Å². The molecule has 3 heterocycles. The Labute approximate surface area is 180 Å². The Morgan fingerprint density at radius 2 is 1.83 bits per heavy atom. The number of rotatable bonds is 6. The topological polar surface area (TPSA) is 65.0 Å². The van der Waals surface area contributed by atoms with Crippen molar-refractivity contribution in [1.82, 2.24) is 19.7 Å². The predicted octanol–water partition coefficient (Wildman–Crippen LogP) is 5.08. The fourth-order valence-corrected chi connectivity index (χ4v) is 3.49. The number of hydrogen-bond acceptors (Lipinski definition) is 3. The lowest BCUT2D eigenvalue weighted by atomic mass is 10.1. The van der Waals surface area contributed by atoms with Crippen molar-refractivity contribution in [3.05, 3.63) is 94.4 Å². The summed E-state index contributed by atoms with van der Waals surface area (Å²) in [6.07, 6.45) is 3.99. The van der Waals surface area contributed by atoms with Gasteiger partial charge in [0.25, 0.3) is 5.91 Å². The van der Waals surface area contributed by atoms with Gasteiger partial charge >= 0.3 is 0 Å². The average Bonchev–Trinajstić information content (AvgIpc) is 3.48. The maximum absolute atomic E-state index is 12.6. The van der Waals surface area contributed by atoms with Crippen molar-refractivity contribution in [2.24, 2.45) is 0 Å². The summed E-state index contributed by atoms with van der Waals surface area (Å²) in [5.41, 5.74) is 3.73. The van der Waals surface area contributed by atoms with E-state index >= 15 is 0 Å². The van der Waals surface area contributed by atoms with E-state index in [1.165, 1.54) is 0 Å². The molecule has 0 saturated carbocycles. The fourth-order valence-electron chi connectivity index (χ4n) is 3.35. The molecule has 7 heteroatoms. The fraction of sp³-hybridized carbons (Fsp3) is 0.217. The molecule has 3 aromatic heterocycles. The van der Waals surface area contributed by atoms with Crippen LogP contribution in [0.15, 0.2) is 65.3 Å². The minimum absolute atomic E-state index is 0.153. The number of hydrogen-bond donors (Lipinski definition) is 1. The first kappa shape index (κ1) is 20.0. The number of benzene rings is 1. The minimum atomic E-state index is -0.255. The molecule has 154 valence electrons. The molecule has 0 radical (unpaired) electrons. The van der Waals surface area contributed by atoms with Crippen LogP contribution < -0.4 is 5.32 Å². The van der Waals surface area contributed by atoms with E-state index in [0.29, 0.717) is 17.3 Å². The highest BCUT2D eigenvalue weighted by molar-refractivity contribution is 6.31. The second kappa shape index (κ2) is 8.24. The normalized spacial score (nSPS) is 12.1. The maximum atomic E-state index is 12.6. The Kier molecular flexibility index (Phi) is 5.50. The summed E-state index contributed by atoms with van der Waals surface area (Å²) in [7, 11) is 0. The molecule has 30 heavy (non-hydrogen) atoms. The Balaban J connectivity index is 1.40. The molecule has 0 saturated heterocycles. The molecule has 0 spiro atoms. The van der Waals surface area contributed by atoms with Crippen molar-refractivity contribution in [3.63, 3.8) is 0 Å². The van der Waals surface area contributed by atoms with E-state index in [1.54, 1.807) is 16.8 Å². The zero-order chi connectivity index (χ0) is 21.3. The number of carbonyl (C=O) groups excluding carboxylic acids is 1. The molecule has 1 unspecified atom stereocenters. The first-order valence-electron chi connectivity index (χ1n) is 9.75. The minimum Gasteiger partial charge on any atom is -0.454 e. The molecule has 0 bridgehead atoms. The van der Waals surface area contributed by atoms with Gasteiger partial charge in [0.05, 0.1) is 29.0 Å². The lowest BCUT2D eigenvalue weighted by Gasteiger charge is -2.14. The van der Waals surface area contributed by atoms with Gasteiger partial charge in [-0.05, 0) is 62.7 Å². The smallest absolute Gasteiger partial charge is 0.287 e. The number of halogens is 1. The highest BCUT2D eigenvalue weighted by Crippen LogP contribution is 2.21. The van der Waals surface area contributed by atoms with Gasteiger partial charge in [-0.25, -0.2) is 0 Å². The Bertz CT molecular complexity index is 1160. The van der Waals surface area contributed by atoms with Crippen LogP contribution in [-0.2, 0) is 6.54 Å². The number of nitrogens with one attached hydrogen (secondary N) is 1. The second-order valence-corrected chi connectivity index (χ2v) is 7.66. The van der Waals surface area contributed by atoms with E-state index in [9.17, 15) is 4.79 Å². The second-order valence-electron chi connectivity index (χ2n) is 7.29. The predicted molar refractivity (Wildman–Crippen MR) is 116 cm³/mol. The monoisotopic (exact) mass is 422 g/mol. The third-order valence-corrected chi connectivity index (χ3v) is 5.67. The van der Waals surface area contributed by atoms with Crippen molar-refractivity contribution < 1.29 is 9.21 Å². The van der Waals surface area contributed by atoms with E-state index < -0.39 is 0 Å². The molecule has 1 amide bonds. The van der Waals surface area contributed by atoms with Gasteiger partial charge in [-0.3, -0.25) is 9.48 Å². The summed E-state index contributed by atoms with van der Waals surface area (Å²) in [6.45, 7) is 6.13. The average molecular weight is 423 g/mol. The number of amides is 1. The van der Waals surface area contributed by atoms with Crippen molar-refractivity contribution in [2.45, 2.75) is 33.4 Å². The maximum Gasteiger partial charge on any atom is 0.287 e. The number of furan rings is 1. The molecule has 4 aromatic rings. The van der Waals surface area contributed by atoms with E-state index in [4.69, 9.17) is 16.0 Å². The molecule has 0 aliphatic heterocycles. The van der Waals surface area contributed by atoms with Crippen molar-refractivity contribution in [3.8, 4) is 5.69 Å². The number of aromatic nitrogens is 3. The van der Waals surface area contributed by atoms with Gasteiger partial charge < -0.3 is 14.3 Å². The summed E-state index contributed by atoms with van der Waals surface area (Å²) >= 11 is 6.20. The quantitative estimate of drug-likeness (QED) is 0.471. The standard InChI is InChI=1S/C23H23ClN4O2/c1-15(18-6-8-19(9-7-18)27-12-4-5-13-27)25-23(29)21-11-10-20(30-21)14-28-17(3)22(24)16(2)26-28/h4-13,15H,14H2,1-3H3,(H,25,29). The summed E-state index contributed by atoms with van der Waals surface area (Å²) in [5.74, 6) is 0.661. The number of nitrogens with zero attached hydrogens (tertiary/aromatic N) is 3. The van der Waals surface area contributed by atoms with Crippen LogP contribution in [0.5, 0.6) is 0 Å². The Hall–Kier alpha value is -3.25. The van der Waals surface area contributed by atoms with E-state index in [0.717, 1.165) is 22.6 Å². The molecule has 0 fully saturated rings. The third-order valence-electron chi connectivity index (χ3n) is 5.13. The van der Waals surface area contributed by atoms with E-state index in [-0.39, 0.29) is 17.7 Å². The van der Waals surface area contributed by atoms with Crippen LogP contribution in [0.1, 0.15) is 46.2 Å². The SMILES string of the molecule is Cc1nn(Cc2ccc(C(=O)NC(C)c3ccc(-n4cccc4)cc3)o2)c(C)c1Cl. The first-order valence-corrected chi connectivity index (χ1v) is 10.1. The van der Waals surface area contributed by atoms with Gasteiger partial charge in [-0.2, -0.15) is 5.10 Å². The molecule has 1 N–H and O–H groups in total. The number of aryl methyl sites for hydroxylation is 1. The van der Waals surface area contributed by atoms with Crippen molar-refractivity contribution in [2.75, 3.05) is 0 Å². The largest absolute Gasteiger partial charge is 0.454 e. The molecule has 0 aliphatic rings. The Morgan fingerprint density at radius 3 is 2.47 bits per heavy atom. The van der Waals surface area contributed by atoms with Crippen LogP contribution in [0.4, 0.5) is 0 Å². The summed E-state index contributed by atoms with van der Waals surface area (Å²) < 4.78 is 9.55. The van der Waals surface area contributed by atoms with Gasteiger partial charge in [0, 0.05) is 18.1 Å². The summed E-state index contributed by atoms with van der Waals surface area (Å²) in [5, 5.41) is 8.03. The van der Waals surface area contributed by atoms with Gasteiger partial charge in [-0.1, -0.05) is 23.7 Å². The highest BCUT2D eigenvalue weighted by Gasteiger charge is 2.17. The van der Waals surface area contributed by atoms with Crippen LogP contribution in [0.3, 0.4) is 0 Å². The molecule has 1 atom stereocenters. The first-order chi connectivity index (χ1) is 14.4. The molecule has 0 aliphatic carbocycles. The molecule has 4 rings (SSSR count). The van der Waals surface area contributed by atoms with Crippen molar-refractivity contribution >= 4 is 17.5 Å². The Morgan fingerprint density at radius 1 is 1.13 bits per heavy atom. The third kappa shape index (κ3) is 4.04. The lowest BCUT2D eigenvalue weighted by molar-refractivity contribution is 0.0909. The lowest BCUT2D eigenvalue weighted by Crippen LogP contribution is -2.26. The van der Waals surface area contributed by atoms with Gasteiger partial charge in [0.2, 0.25) is 0 Å². The molecular weight excluding hydrogens is 400 g/mol. The van der Waals surface area contributed by atoms with E-state index in [2.05, 4.69) is 10.4 Å². The molecular formula is C23H23ClN4O2. The highest BCUT2D eigenvalue weighted by atomic mass is 35.5. The van der Waals surface area contributed by atoms with Crippen LogP contribution in [0.2, 0.25) is 5.02 Å². The zero-order valence-electron chi connectivity index (χ0n) is 17.1. The number of carbonyl (C=O) groups is 1. The molecule has 6 nitrogen and oxygen atoms in total.